The summed E-state index contributed by atoms with van der Waals surface area (Å²) >= 11 is 0. The number of ether oxygens (including phenoxy) is 1. The average Bonchev–Trinajstić information content (AvgIpc) is 3.00. The number of aryl methyl sites for hydroxylation is 1. The Labute approximate surface area is 142 Å². The molecule has 1 N–H and O–H groups in total. The van der Waals surface area contributed by atoms with E-state index >= 15 is 0 Å². The molecule has 6 nitrogen and oxygen atoms in total. The summed E-state index contributed by atoms with van der Waals surface area (Å²) < 4.78 is 45.0. The van der Waals surface area contributed by atoms with Gasteiger partial charge in [-0.15, -0.1) is 0 Å². The lowest BCUT2D eigenvalue weighted by atomic mass is 9.91. The lowest BCUT2D eigenvalue weighted by Crippen LogP contribution is -2.34. The highest BCUT2D eigenvalue weighted by molar-refractivity contribution is 5.92. The van der Waals surface area contributed by atoms with Crippen molar-refractivity contribution >= 4 is 11.6 Å². The first-order chi connectivity index (χ1) is 11.9. The topological polar surface area (TPSA) is 69.0 Å². The van der Waals surface area contributed by atoms with Crippen LogP contribution in [-0.4, -0.2) is 27.3 Å². The molecule has 1 saturated heterocycles. The van der Waals surface area contributed by atoms with E-state index in [1.807, 2.05) is 0 Å². The Morgan fingerprint density at radius 2 is 2.16 bits per heavy atom. The van der Waals surface area contributed by atoms with Crippen LogP contribution in [0.15, 0.2) is 30.6 Å². The molecule has 1 amide bonds. The summed E-state index contributed by atoms with van der Waals surface area (Å²) in [6.45, 7) is 0.543. The Hall–Kier alpha value is -2.42. The molecule has 0 radical (unpaired) electrons. The normalized spacial score (nSPS) is 21.1. The number of pyridine rings is 1. The first-order valence-corrected chi connectivity index (χ1v) is 7.80. The van der Waals surface area contributed by atoms with E-state index in [1.165, 1.54) is 6.07 Å². The van der Waals surface area contributed by atoms with Crippen LogP contribution in [0.2, 0.25) is 0 Å². The van der Waals surface area contributed by atoms with Crippen molar-refractivity contribution in [3.8, 4) is 0 Å². The average molecular weight is 354 g/mol. The Kier molecular flexibility index (Phi) is 4.76. The zero-order chi connectivity index (χ0) is 18.0. The van der Waals surface area contributed by atoms with Crippen molar-refractivity contribution in [2.45, 2.75) is 25.1 Å². The first kappa shape index (κ1) is 17.4. The third kappa shape index (κ3) is 3.81. The van der Waals surface area contributed by atoms with Crippen LogP contribution >= 0.6 is 0 Å². The zero-order valence-electron chi connectivity index (χ0n) is 13.5. The van der Waals surface area contributed by atoms with E-state index in [4.69, 9.17) is 4.74 Å². The summed E-state index contributed by atoms with van der Waals surface area (Å²) in [5.74, 6) is -0.765. The van der Waals surface area contributed by atoms with Gasteiger partial charge in [-0.25, -0.2) is 4.98 Å². The fourth-order valence-electron chi connectivity index (χ4n) is 2.87. The van der Waals surface area contributed by atoms with Gasteiger partial charge in [-0.3, -0.25) is 9.48 Å². The molecule has 2 atom stereocenters. The Bertz CT molecular complexity index is 743. The molecule has 0 spiro atoms. The van der Waals surface area contributed by atoms with Crippen LogP contribution in [-0.2, 0) is 22.8 Å². The molecule has 1 aliphatic heterocycles. The number of amides is 1. The standard InChI is InChI=1S/C16H17F3N4O2/c1-23-12(6-7-21-23)14-11(3-2-8-25-14)15(24)22-10-4-5-13(20-9-10)16(17,18)19/h4-7,9,11,14H,2-3,8H2,1H3,(H,22,24)/t11-,14-/m1/s1. The second kappa shape index (κ2) is 6.83. The summed E-state index contributed by atoms with van der Waals surface area (Å²) in [5, 5.41) is 6.71. The molecule has 0 unspecified atom stereocenters. The molecule has 134 valence electrons. The van der Waals surface area contributed by atoms with Crippen molar-refractivity contribution in [3.63, 3.8) is 0 Å². The van der Waals surface area contributed by atoms with Crippen LogP contribution in [0.5, 0.6) is 0 Å². The van der Waals surface area contributed by atoms with Crippen molar-refractivity contribution in [1.82, 2.24) is 14.8 Å². The Morgan fingerprint density at radius 1 is 1.36 bits per heavy atom. The Balaban J connectivity index is 1.74. The van der Waals surface area contributed by atoms with Gasteiger partial charge in [-0.2, -0.15) is 18.3 Å². The molecule has 25 heavy (non-hydrogen) atoms. The second-order valence-corrected chi connectivity index (χ2v) is 5.84. The predicted molar refractivity (Wildman–Crippen MR) is 82.5 cm³/mol. The van der Waals surface area contributed by atoms with Crippen molar-refractivity contribution in [1.29, 1.82) is 0 Å². The van der Waals surface area contributed by atoms with Crippen LogP contribution in [0.3, 0.4) is 0 Å². The summed E-state index contributed by atoms with van der Waals surface area (Å²) in [5.41, 5.74) is -0.00279. The number of nitrogens with one attached hydrogen (secondary N) is 1. The van der Waals surface area contributed by atoms with Gasteiger partial charge in [0.05, 0.1) is 23.5 Å². The lowest BCUT2D eigenvalue weighted by Gasteiger charge is -2.30. The van der Waals surface area contributed by atoms with Gasteiger partial charge in [-0.05, 0) is 31.0 Å². The van der Waals surface area contributed by atoms with Gasteiger partial charge in [-0.1, -0.05) is 0 Å². The minimum absolute atomic E-state index is 0.215. The fourth-order valence-corrected chi connectivity index (χ4v) is 2.87. The molecule has 0 aromatic carbocycles. The van der Waals surface area contributed by atoms with Gasteiger partial charge in [0.25, 0.3) is 0 Å². The summed E-state index contributed by atoms with van der Waals surface area (Å²) in [6, 6.07) is 3.82. The molecule has 3 rings (SSSR count). The third-order valence-corrected chi connectivity index (χ3v) is 4.13. The molecule has 2 aromatic heterocycles. The minimum atomic E-state index is -4.51. The van der Waals surface area contributed by atoms with Gasteiger partial charge < -0.3 is 10.1 Å². The fraction of sp³-hybridized carbons (Fsp3) is 0.438. The first-order valence-electron chi connectivity index (χ1n) is 7.80. The van der Waals surface area contributed by atoms with E-state index in [9.17, 15) is 18.0 Å². The summed E-state index contributed by atoms with van der Waals surface area (Å²) in [7, 11) is 1.77. The van der Waals surface area contributed by atoms with Gasteiger partial charge >= 0.3 is 6.18 Å². The highest BCUT2D eigenvalue weighted by Crippen LogP contribution is 2.34. The van der Waals surface area contributed by atoms with Gasteiger partial charge in [0.1, 0.15) is 11.8 Å². The molecule has 3 heterocycles. The molecule has 0 bridgehead atoms. The monoisotopic (exact) mass is 354 g/mol. The van der Waals surface area contributed by atoms with Crippen molar-refractivity contribution in [2.24, 2.45) is 13.0 Å². The molecule has 9 heteroatoms. The van der Waals surface area contributed by atoms with Crippen molar-refractivity contribution in [2.75, 3.05) is 11.9 Å². The second-order valence-electron chi connectivity index (χ2n) is 5.84. The minimum Gasteiger partial charge on any atom is -0.371 e. The van der Waals surface area contributed by atoms with Gasteiger partial charge in [0.2, 0.25) is 5.91 Å². The molecular weight excluding hydrogens is 337 g/mol. The highest BCUT2D eigenvalue weighted by Gasteiger charge is 2.35. The number of alkyl halides is 3. The van der Waals surface area contributed by atoms with E-state index in [0.29, 0.717) is 13.0 Å². The summed E-state index contributed by atoms with van der Waals surface area (Å²) in [4.78, 5) is 15.9. The smallest absolute Gasteiger partial charge is 0.371 e. The molecule has 1 fully saturated rings. The highest BCUT2D eigenvalue weighted by atomic mass is 19.4. The number of hydrogen-bond donors (Lipinski definition) is 1. The maximum atomic E-state index is 12.6. The van der Waals surface area contributed by atoms with Gasteiger partial charge in [0.15, 0.2) is 0 Å². The molecule has 0 aliphatic carbocycles. The number of halogens is 3. The maximum Gasteiger partial charge on any atom is 0.433 e. The molecular formula is C16H17F3N4O2. The number of hydrogen-bond acceptors (Lipinski definition) is 4. The third-order valence-electron chi connectivity index (χ3n) is 4.13. The van der Waals surface area contributed by atoms with Crippen LogP contribution in [0.4, 0.5) is 18.9 Å². The maximum absolute atomic E-state index is 12.6. The number of anilines is 1. The van der Waals surface area contributed by atoms with Crippen LogP contribution in [0.25, 0.3) is 0 Å². The van der Waals surface area contributed by atoms with Crippen molar-refractivity contribution in [3.05, 3.63) is 42.0 Å². The van der Waals surface area contributed by atoms with E-state index in [0.717, 1.165) is 24.4 Å². The molecule has 0 saturated carbocycles. The van der Waals surface area contributed by atoms with Crippen LogP contribution < -0.4 is 5.32 Å². The van der Waals surface area contributed by atoms with Gasteiger partial charge in [0, 0.05) is 19.9 Å². The summed E-state index contributed by atoms with van der Waals surface area (Å²) in [6.07, 6.45) is -0.966. The van der Waals surface area contributed by atoms with Crippen LogP contribution in [0.1, 0.15) is 30.3 Å². The van der Waals surface area contributed by atoms with Crippen molar-refractivity contribution < 1.29 is 22.7 Å². The van der Waals surface area contributed by atoms with E-state index in [-0.39, 0.29) is 11.6 Å². The van der Waals surface area contributed by atoms with Crippen LogP contribution in [0, 0.1) is 5.92 Å². The predicted octanol–water partition coefficient (Wildman–Crippen LogP) is 2.94. The zero-order valence-corrected chi connectivity index (χ0v) is 13.5. The van der Waals surface area contributed by atoms with E-state index < -0.39 is 23.9 Å². The number of carbonyl (C=O) groups excluding carboxylic acids is 1. The van der Waals surface area contributed by atoms with E-state index in [2.05, 4.69) is 15.4 Å². The number of nitrogens with zero attached hydrogens (tertiary/aromatic N) is 3. The quantitative estimate of drug-likeness (QED) is 0.920. The Morgan fingerprint density at radius 3 is 2.76 bits per heavy atom. The number of rotatable bonds is 3. The number of aromatic nitrogens is 3. The largest absolute Gasteiger partial charge is 0.433 e. The van der Waals surface area contributed by atoms with E-state index in [1.54, 1.807) is 24.0 Å². The molecule has 1 aliphatic rings. The SMILES string of the molecule is Cn1nccc1[C@@H]1OCCC[C@H]1C(=O)Nc1ccc(C(F)(F)F)nc1. The number of carbonyl (C=O) groups is 1. The lowest BCUT2D eigenvalue weighted by molar-refractivity contribution is -0.141. The molecule has 2 aromatic rings.